The Hall–Kier alpha value is -4.64. The van der Waals surface area contributed by atoms with Gasteiger partial charge in [-0.05, 0) is 98.3 Å². The number of fused-ring (bicyclic) bond motifs is 2. The first-order chi connectivity index (χ1) is 23.9. The SMILES string of the molecule is Cc1c(Nc2nccc3cc(CN4CC[C@@H](O)C4)cnc23)cccc1-c1cccc(-c2nc3c(o2)CN(C(=O)CN2CCCCC2)C3)c1C. The molecule has 252 valence electrons. The van der Waals surface area contributed by atoms with E-state index in [9.17, 15) is 9.90 Å². The molecule has 0 bridgehead atoms. The molecule has 5 aromatic rings. The van der Waals surface area contributed by atoms with E-state index in [1.807, 2.05) is 23.4 Å². The van der Waals surface area contributed by atoms with Crippen molar-refractivity contribution < 1.29 is 14.3 Å². The number of nitrogens with one attached hydrogen (secondary N) is 1. The van der Waals surface area contributed by atoms with Crippen LogP contribution in [0.1, 0.15) is 53.8 Å². The van der Waals surface area contributed by atoms with Crippen LogP contribution in [-0.4, -0.2) is 79.5 Å². The molecular weight excluding hydrogens is 614 g/mol. The highest BCUT2D eigenvalue weighted by molar-refractivity contribution is 5.91. The number of anilines is 2. The van der Waals surface area contributed by atoms with Gasteiger partial charge in [0.15, 0.2) is 5.82 Å². The Bertz CT molecular complexity index is 1990. The predicted molar refractivity (Wildman–Crippen MR) is 190 cm³/mol. The average molecular weight is 658 g/mol. The van der Waals surface area contributed by atoms with E-state index in [0.717, 1.165) is 94.0 Å². The molecule has 10 heteroatoms. The topological polar surface area (TPSA) is 111 Å². The van der Waals surface area contributed by atoms with Crippen LogP contribution < -0.4 is 5.32 Å². The summed E-state index contributed by atoms with van der Waals surface area (Å²) in [6.45, 7) is 10.1. The standard InChI is InChI=1S/C39H43N7O3/c1-25-30(8-6-10-32(25)39-43-34-22-46(23-35(34)49-39)36(48)24-44-15-4-3-5-16-44)31-9-7-11-33(26(31)2)42-38-37-28(12-14-40-38)18-27(19-41-37)20-45-17-13-29(47)21-45/h6-12,14,18-19,29,47H,3-5,13,15-17,20-24H2,1-2H3,(H,40,42)/t29-/m1/s1. The molecule has 0 spiro atoms. The van der Waals surface area contributed by atoms with Gasteiger partial charge in [-0.2, -0.15) is 0 Å². The number of aromatic nitrogens is 3. The van der Waals surface area contributed by atoms with E-state index in [0.29, 0.717) is 37.9 Å². The quantitative estimate of drug-likeness (QED) is 0.201. The summed E-state index contributed by atoms with van der Waals surface area (Å²) in [4.78, 5) is 33.8. The number of benzene rings is 2. The van der Waals surface area contributed by atoms with Crippen LogP contribution in [0.5, 0.6) is 0 Å². The van der Waals surface area contributed by atoms with Crippen LogP contribution in [0.15, 0.2) is 65.3 Å². The zero-order valence-corrected chi connectivity index (χ0v) is 28.3. The van der Waals surface area contributed by atoms with Gasteiger partial charge in [-0.15, -0.1) is 0 Å². The van der Waals surface area contributed by atoms with E-state index < -0.39 is 0 Å². The number of piperidine rings is 1. The lowest BCUT2D eigenvalue weighted by molar-refractivity contribution is -0.133. The highest BCUT2D eigenvalue weighted by atomic mass is 16.4. The summed E-state index contributed by atoms with van der Waals surface area (Å²) in [6.07, 6.45) is 7.92. The van der Waals surface area contributed by atoms with Crippen LogP contribution in [0.3, 0.4) is 0 Å². The summed E-state index contributed by atoms with van der Waals surface area (Å²) in [5.74, 6) is 2.25. The Morgan fingerprint density at radius 3 is 2.53 bits per heavy atom. The third kappa shape index (κ3) is 6.44. The summed E-state index contributed by atoms with van der Waals surface area (Å²) < 4.78 is 6.32. The molecule has 0 unspecified atom stereocenters. The molecule has 2 aromatic carbocycles. The van der Waals surface area contributed by atoms with Crippen molar-refractivity contribution in [3.05, 3.63) is 89.1 Å². The number of carbonyl (C=O) groups is 1. The number of aliphatic hydroxyl groups is 1. The van der Waals surface area contributed by atoms with Gasteiger partial charge in [-0.1, -0.05) is 30.7 Å². The maximum absolute atomic E-state index is 13.0. The molecule has 0 saturated carbocycles. The first-order valence-electron chi connectivity index (χ1n) is 17.5. The lowest BCUT2D eigenvalue weighted by Crippen LogP contribution is -2.40. The van der Waals surface area contributed by atoms with E-state index in [4.69, 9.17) is 14.4 Å². The number of amides is 1. The second-order valence-corrected chi connectivity index (χ2v) is 13.8. The molecule has 10 nitrogen and oxygen atoms in total. The molecule has 0 aliphatic carbocycles. The Labute approximate surface area is 286 Å². The normalized spacial score (nSPS) is 18.3. The number of rotatable bonds is 8. The van der Waals surface area contributed by atoms with Crippen molar-refractivity contribution in [2.75, 3.05) is 38.0 Å². The molecule has 1 atom stereocenters. The van der Waals surface area contributed by atoms with E-state index in [1.165, 1.54) is 19.3 Å². The van der Waals surface area contributed by atoms with Gasteiger partial charge >= 0.3 is 0 Å². The molecular formula is C39H43N7O3. The molecule has 2 fully saturated rings. The Morgan fingerprint density at radius 1 is 0.939 bits per heavy atom. The molecule has 1 amide bonds. The minimum Gasteiger partial charge on any atom is -0.439 e. The predicted octanol–water partition coefficient (Wildman–Crippen LogP) is 6.21. The monoisotopic (exact) mass is 657 g/mol. The second kappa shape index (κ2) is 13.3. The first-order valence-corrected chi connectivity index (χ1v) is 17.5. The third-order valence-corrected chi connectivity index (χ3v) is 10.4. The van der Waals surface area contributed by atoms with Gasteiger partial charge in [0.1, 0.15) is 17.0 Å². The van der Waals surface area contributed by atoms with Crippen LogP contribution in [0.4, 0.5) is 11.5 Å². The fraction of sp³-hybridized carbons (Fsp3) is 0.385. The van der Waals surface area contributed by atoms with Crippen LogP contribution >= 0.6 is 0 Å². The summed E-state index contributed by atoms with van der Waals surface area (Å²) in [5.41, 5.74) is 9.12. The number of pyridine rings is 2. The van der Waals surface area contributed by atoms with Gasteiger partial charge in [0, 0.05) is 48.7 Å². The molecule has 8 rings (SSSR count). The first kappa shape index (κ1) is 31.6. The third-order valence-electron chi connectivity index (χ3n) is 10.4. The maximum Gasteiger partial charge on any atom is 0.237 e. The largest absolute Gasteiger partial charge is 0.439 e. The minimum atomic E-state index is -0.236. The van der Waals surface area contributed by atoms with Crippen LogP contribution in [0.2, 0.25) is 0 Å². The lowest BCUT2D eigenvalue weighted by atomic mass is 9.93. The van der Waals surface area contributed by atoms with Crippen molar-refractivity contribution in [1.82, 2.24) is 29.7 Å². The average Bonchev–Trinajstić information content (AvgIpc) is 3.82. The van der Waals surface area contributed by atoms with Crippen molar-refractivity contribution in [3.8, 4) is 22.6 Å². The van der Waals surface area contributed by atoms with Crippen molar-refractivity contribution in [3.63, 3.8) is 0 Å². The summed E-state index contributed by atoms with van der Waals surface area (Å²) >= 11 is 0. The van der Waals surface area contributed by atoms with E-state index >= 15 is 0 Å². The Morgan fingerprint density at radius 2 is 1.73 bits per heavy atom. The number of hydrogen-bond donors (Lipinski definition) is 2. The lowest BCUT2D eigenvalue weighted by Gasteiger charge is -2.27. The fourth-order valence-electron chi connectivity index (χ4n) is 7.59. The molecule has 3 aliphatic heterocycles. The molecule has 3 aliphatic rings. The number of oxazole rings is 1. The summed E-state index contributed by atoms with van der Waals surface area (Å²) in [5, 5.41) is 14.5. The van der Waals surface area contributed by atoms with E-state index in [-0.39, 0.29) is 12.0 Å². The number of hydrogen-bond acceptors (Lipinski definition) is 9. The van der Waals surface area contributed by atoms with Crippen LogP contribution in [0.25, 0.3) is 33.5 Å². The molecule has 3 aromatic heterocycles. The highest BCUT2D eigenvalue weighted by Crippen LogP contribution is 2.38. The maximum atomic E-state index is 13.0. The smallest absolute Gasteiger partial charge is 0.237 e. The van der Waals surface area contributed by atoms with Crippen molar-refractivity contribution in [2.45, 2.75) is 65.3 Å². The van der Waals surface area contributed by atoms with E-state index in [2.05, 4.69) is 76.4 Å². The Kier molecular flexibility index (Phi) is 8.61. The summed E-state index contributed by atoms with van der Waals surface area (Å²) in [7, 11) is 0. The van der Waals surface area contributed by atoms with Gasteiger partial charge < -0.3 is 19.7 Å². The summed E-state index contributed by atoms with van der Waals surface area (Å²) in [6, 6.07) is 16.7. The zero-order valence-electron chi connectivity index (χ0n) is 28.3. The number of likely N-dealkylation sites (tertiary alicyclic amines) is 2. The van der Waals surface area contributed by atoms with Crippen molar-refractivity contribution >= 4 is 28.3 Å². The molecule has 6 heterocycles. The molecule has 0 radical (unpaired) electrons. The van der Waals surface area contributed by atoms with Gasteiger partial charge in [0.05, 0.1) is 25.7 Å². The molecule has 2 N–H and O–H groups in total. The van der Waals surface area contributed by atoms with Gasteiger partial charge in [-0.25, -0.2) is 9.97 Å². The fourth-order valence-corrected chi connectivity index (χ4v) is 7.59. The minimum absolute atomic E-state index is 0.150. The van der Waals surface area contributed by atoms with Gasteiger partial charge in [0.2, 0.25) is 11.8 Å². The van der Waals surface area contributed by atoms with Crippen LogP contribution in [-0.2, 0) is 24.4 Å². The number of β-amino-alcohol motifs (C(OH)–C–C–N with tert-alkyl or cyclic N) is 1. The number of carbonyl (C=O) groups excluding carboxylic acids is 1. The second-order valence-electron chi connectivity index (χ2n) is 13.8. The highest BCUT2D eigenvalue weighted by Gasteiger charge is 2.30. The number of nitrogens with zero attached hydrogens (tertiary/aromatic N) is 6. The zero-order chi connectivity index (χ0) is 33.5. The van der Waals surface area contributed by atoms with E-state index in [1.54, 1.807) is 0 Å². The Balaban J connectivity index is 1.00. The number of aliphatic hydroxyl groups excluding tert-OH is 1. The van der Waals surface area contributed by atoms with Crippen molar-refractivity contribution in [1.29, 1.82) is 0 Å². The van der Waals surface area contributed by atoms with Crippen LogP contribution in [0, 0.1) is 13.8 Å². The van der Waals surface area contributed by atoms with Crippen molar-refractivity contribution in [2.24, 2.45) is 0 Å². The van der Waals surface area contributed by atoms with Gasteiger partial charge in [-0.3, -0.25) is 19.6 Å². The molecule has 49 heavy (non-hydrogen) atoms. The van der Waals surface area contributed by atoms with Gasteiger partial charge in [0.25, 0.3) is 0 Å². The molecule has 2 saturated heterocycles.